The zero-order valence-corrected chi connectivity index (χ0v) is 47.7. The number of aliphatic hydroxyl groups is 6. The van der Waals surface area contributed by atoms with Crippen molar-refractivity contribution in [3.8, 4) is 23.3 Å². The van der Waals surface area contributed by atoms with Gasteiger partial charge in [-0.3, -0.25) is 0 Å². The molecule has 1 aromatic heterocycles. The van der Waals surface area contributed by atoms with Crippen LogP contribution < -0.4 is 15.8 Å². The Balaban J connectivity index is 1.02. The molecule has 13 atom stereocenters. The molecule has 0 bridgehead atoms. The lowest BCUT2D eigenvalue weighted by Gasteiger charge is -2.43. The number of H-pyrrole nitrogens is 1. The number of phenolic OH excluding ortho intramolecular Hbond substituents is 1. The van der Waals surface area contributed by atoms with E-state index in [9.17, 15) is 35.7 Å². The first-order valence-electron chi connectivity index (χ1n) is 29.5. The average molecular weight is 1110 g/mol. The molecule has 0 radical (unpaired) electrons. The molecule has 1 saturated carbocycles. The van der Waals surface area contributed by atoms with Gasteiger partial charge < -0.3 is 56.5 Å². The lowest BCUT2D eigenvalue weighted by molar-refractivity contribution is -0.0215. The van der Waals surface area contributed by atoms with Crippen LogP contribution in [0.1, 0.15) is 137 Å². The number of rotatable bonds is 14. The van der Waals surface area contributed by atoms with Gasteiger partial charge in [-0.1, -0.05) is 138 Å². The number of dihydropyridines is 1. The maximum Gasteiger partial charge on any atom is 0.161 e. The van der Waals surface area contributed by atoms with E-state index in [0.717, 1.165) is 59.2 Å². The third-order valence-corrected chi connectivity index (χ3v) is 21.6. The number of benzene rings is 3. The molecule has 13 heteroatoms. The zero-order chi connectivity index (χ0) is 55.1. The van der Waals surface area contributed by atoms with Gasteiger partial charge >= 0.3 is 0 Å². The van der Waals surface area contributed by atoms with E-state index < -0.39 is 53.7 Å². The summed E-state index contributed by atoms with van der Waals surface area (Å²) < 4.78 is 6.97. The van der Waals surface area contributed by atoms with E-state index in [2.05, 4.69) is 108 Å². The van der Waals surface area contributed by atoms with Crippen LogP contribution in [-0.4, -0.2) is 103 Å². The van der Waals surface area contributed by atoms with E-state index in [4.69, 9.17) is 10.5 Å². The monoisotopic (exact) mass is 1110 g/mol. The van der Waals surface area contributed by atoms with E-state index >= 15 is 0 Å². The molecule has 0 amide bonds. The molecule has 3 aromatic carbocycles. The Bertz CT molecular complexity index is 2810. The Labute approximate surface area is 476 Å². The summed E-state index contributed by atoms with van der Waals surface area (Å²) >= 11 is 0. The van der Waals surface area contributed by atoms with E-state index in [0.29, 0.717) is 81.7 Å². The maximum absolute atomic E-state index is 12.7. The number of nitrogens with two attached hydrogens (primary N) is 1. The minimum atomic E-state index is -1.08. The van der Waals surface area contributed by atoms with Gasteiger partial charge in [-0.2, -0.15) is 0 Å². The summed E-state index contributed by atoms with van der Waals surface area (Å²) in [5, 5.41) is 86.4. The number of aromatic nitrogens is 1. The molecular weight excluding hydrogens is 1030 g/mol. The summed E-state index contributed by atoms with van der Waals surface area (Å²) in [4.78, 5) is 3.38. The first-order chi connectivity index (χ1) is 38.4. The van der Waals surface area contributed by atoms with E-state index in [1.54, 1.807) is 27.7 Å². The Kier molecular flexibility index (Phi) is 19.0. The minimum Gasteiger partial charge on any atom is -0.504 e. The quantitative estimate of drug-likeness (QED) is 0.0326. The van der Waals surface area contributed by atoms with Crippen molar-refractivity contribution in [2.75, 3.05) is 31.3 Å². The maximum atomic E-state index is 12.7. The minimum absolute atomic E-state index is 0.0174. The van der Waals surface area contributed by atoms with Crippen molar-refractivity contribution in [3.05, 3.63) is 154 Å². The van der Waals surface area contributed by atoms with Crippen molar-refractivity contribution in [3.63, 3.8) is 0 Å². The van der Waals surface area contributed by atoms with Crippen LogP contribution in [0.15, 0.2) is 126 Å². The molecule has 424 valence electrons. The summed E-state index contributed by atoms with van der Waals surface area (Å²) in [7, 11) is 3.25. The Hall–Kier alpha value is -4.62. The van der Waals surface area contributed by atoms with Gasteiger partial charge in [0.05, 0.1) is 24.4 Å². The molecule has 10 rings (SSSR count). The third kappa shape index (κ3) is 13.0. The molecule has 11 N–H and O–H groups in total. The van der Waals surface area contributed by atoms with Crippen LogP contribution in [0.25, 0.3) is 0 Å². The van der Waals surface area contributed by atoms with E-state index in [-0.39, 0.29) is 53.8 Å². The summed E-state index contributed by atoms with van der Waals surface area (Å²) in [5.41, 5.74) is 14.7. The highest BCUT2D eigenvalue weighted by Crippen LogP contribution is 2.53. The molecule has 3 heterocycles. The molecular formula is C66H85N3O8S2. The first-order valence-corrected chi connectivity index (χ1v) is 32.0. The van der Waals surface area contributed by atoms with Crippen LogP contribution in [0.2, 0.25) is 0 Å². The fourth-order valence-electron chi connectivity index (χ4n) is 15.0. The highest BCUT2D eigenvalue weighted by Gasteiger charge is 2.46. The molecule has 1 saturated heterocycles. The summed E-state index contributed by atoms with van der Waals surface area (Å²) in [6.07, 6.45) is 13.3. The normalized spacial score (nSPS) is 31.6. The molecule has 0 spiro atoms. The standard InChI is InChI=1S/C66H85N3O8S2/c1-2-42-29-45-32-58(74)60(77-61-33-46(30-50-17-12-26-68-50)52-21-27-69-64(67)56(52)41-79-78-40-48(39-71)63(61)76)35-54(45)55-34-59(75)62-44(31-53(42)55)20-24-65(25-28-70,38-51(72)18-19-57(62)73)36-47(43-13-6-3-7-14-43)37-66(22-10-5-11-23-66)49-15-8-4-9-16-49/h3-4,6-9,12-17,21,26,31-32,35,42,44,46-48,51,55,57,59,61-63,68-76H,2,5,10-11,18-19,22-23,25,27-30,33-34,36-41,67H2,1H3/t42-,44+,46+,47-,48+,51+,55+,57+,59-,61-,62-,63-,65+/m1/s1. The molecule has 2 aliphatic heterocycles. The molecule has 6 aliphatic rings. The zero-order valence-electron chi connectivity index (χ0n) is 46.0. The molecule has 79 heavy (non-hydrogen) atoms. The van der Waals surface area contributed by atoms with Gasteiger partial charge in [-0.25, -0.2) is 0 Å². The topological polar surface area (TPSA) is 205 Å². The summed E-state index contributed by atoms with van der Waals surface area (Å²) in [6.45, 7) is 2.42. The number of aromatic amines is 1. The number of phenols is 1. The van der Waals surface area contributed by atoms with E-state index in [1.807, 2.05) is 18.3 Å². The third-order valence-electron chi connectivity index (χ3n) is 19.2. The second-order valence-corrected chi connectivity index (χ2v) is 26.6. The largest absolute Gasteiger partial charge is 0.504 e. The van der Waals surface area contributed by atoms with Crippen molar-refractivity contribution < 1.29 is 40.5 Å². The van der Waals surface area contributed by atoms with Gasteiger partial charge in [-0.15, -0.1) is 0 Å². The van der Waals surface area contributed by atoms with Crippen LogP contribution in [-0.2, 0) is 18.3 Å². The second kappa shape index (κ2) is 26.1. The highest BCUT2D eigenvalue weighted by atomic mass is 33.1. The van der Waals surface area contributed by atoms with E-state index in [1.165, 1.54) is 30.4 Å². The van der Waals surface area contributed by atoms with Gasteiger partial charge in [-0.05, 0) is 159 Å². The SMILES string of the molecule is CC[C@@H]1Cc2cc(O)c(O[C@@H]3C[C@H](Cc4ccc[nH]4)C4=CCNC(N)=C4CSSC[C@H](CO)[C@H]3O)cc2[C@H]2C[C@@H](O)[C@@H]3[C@@H](C#C[C@](CCO)(C[C@H](CC4(c5ccccc5)CCCCC4)c4ccccc4)C[C@@H](O)CC[C@@H]3O)C=C12. The number of hydrogen-bond acceptors (Lipinski definition) is 12. The fraction of sp³-hybridized carbons (Fsp3) is 0.545. The first kappa shape index (κ1) is 57.6. The van der Waals surface area contributed by atoms with Crippen LogP contribution in [0.3, 0.4) is 0 Å². The average Bonchev–Trinajstić information content (AvgIpc) is 4.09. The highest BCUT2D eigenvalue weighted by molar-refractivity contribution is 8.76. The van der Waals surface area contributed by atoms with Crippen molar-refractivity contribution in [1.29, 1.82) is 0 Å². The van der Waals surface area contributed by atoms with Crippen molar-refractivity contribution in [2.24, 2.45) is 40.7 Å². The summed E-state index contributed by atoms with van der Waals surface area (Å²) in [5.74, 6) is 7.60. The molecule has 2 fully saturated rings. The molecule has 0 unspecified atom stereocenters. The van der Waals surface area contributed by atoms with Crippen molar-refractivity contribution in [2.45, 2.75) is 157 Å². The van der Waals surface area contributed by atoms with Gasteiger partial charge in [0.15, 0.2) is 11.5 Å². The van der Waals surface area contributed by atoms with Gasteiger partial charge in [0.25, 0.3) is 0 Å². The van der Waals surface area contributed by atoms with Crippen LogP contribution in [0, 0.1) is 46.8 Å². The number of nitrogens with one attached hydrogen (secondary N) is 2. The van der Waals surface area contributed by atoms with Gasteiger partial charge in [0.2, 0.25) is 0 Å². The van der Waals surface area contributed by atoms with Crippen LogP contribution in [0.5, 0.6) is 11.5 Å². The number of hydrogen-bond donors (Lipinski definition) is 10. The number of ether oxygens (including phenoxy) is 1. The molecule has 4 aromatic rings. The lowest BCUT2D eigenvalue weighted by atomic mass is 9.61. The van der Waals surface area contributed by atoms with Gasteiger partial charge in [0, 0.05) is 77.8 Å². The number of fused-ring (bicyclic) bond motifs is 5. The number of aliphatic hydroxyl groups excluding tert-OH is 6. The smallest absolute Gasteiger partial charge is 0.161 e. The Morgan fingerprint density at radius 1 is 0.873 bits per heavy atom. The van der Waals surface area contributed by atoms with Crippen molar-refractivity contribution in [1.82, 2.24) is 10.3 Å². The van der Waals surface area contributed by atoms with Crippen LogP contribution in [0.4, 0.5) is 0 Å². The van der Waals surface area contributed by atoms with Gasteiger partial charge in [0.1, 0.15) is 11.9 Å². The lowest BCUT2D eigenvalue weighted by Crippen LogP contribution is -2.42. The summed E-state index contributed by atoms with van der Waals surface area (Å²) in [6, 6.07) is 29.5. The second-order valence-electron chi connectivity index (χ2n) is 24.1. The van der Waals surface area contributed by atoms with Crippen molar-refractivity contribution >= 4 is 21.6 Å². The molecule has 11 nitrogen and oxygen atoms in total. The number of aromatic hydroxyl groups is 1. The fourth-order valence-corrected chi connectivity index (χ4v) is 17.5. The Morgan fingerprint density at radius 2 is 1.66 bits per heavy atom. The predicted octanol–water partition coefficient (Wildman–Crippen LogP) is 10.1. The number of allylic oxidation sites excluding steroid dienone is 3. The Morgan fingerprint density at radius 3 is 2.39 bits per heavy atom. The van der Waals surface area contributed by atoms with Crippen LogP contribution >= 0.6 is 21.6 Å². The molecule has 4 aliphatic carbocycles. The predicted molar refractivity (Wildman–Crippen MR) is 317 cm³/mol.